The number of nitrogens with zero attached hydrogens (tertiary/aromatic N) is 2. The number of thioether (sulfide) groups is 1. The molecule has 0 aliphatic carbocycles. The maximum atomic E-state index is 5.72. The van der Waals surface area contributed by atoms with Gasteiger partial charge in [0, 0.05) is 29.5 Å². The van der Waals surface area contributed by atoms with E-state index in [1.54, 1.807) is 0 Å². The van der Waals surface area contributed by atoms with Gasteiger partial charge in [0.25, 0.3) is 0 Å². The van der Waals surface area contributed by atoms with Crippen molar-refractivity contribution in [2.75, 3.05) is 5.75 Å². The van der Waals surface area contributed by atoms with Gasteiger partial charge in [-0.05, 0) is 29.3 Å². The summed E-state index contributed by atoms with van der Waals surface area (Å²) < 4.78 is 3.48. The summed E-state index contributed by atoms with van der Waals surface area (Å²) in [7, 11) is 0. The lowest BCUT2D eigenvalue weighted by atomic mass is 10.1. The molecule has 0 aliphatic rings. The van der Waals surface area contributed by atoms with Crippen molar-refractivity contribution in [1.29, 1.82) is 0 Å². The topological polar surface area (TPSA) is 55.9 Å². The summed E-state index contributed by atoms with van der Waals surface area (Å²) in [5, 5.41) is 4.64. The van der Waals surface area contributed by atoms with E-state index >= 15 is 0 Å². The van der Waals surface area contributed by atoms with Crippen LogP contribution in [0.3, 0.4) is 0 Å². The van der Waals surface area contributed by atoms with E-state index in [9.17, 15) is 0 Å². The Morgan fingerprint density at radius 2 is 2.05 bits per heavy atom. The number of nitrogens with one attached hydrogen (secondary N) is 1. The molecule has 1 aromatic heterocycles. The van der Waals surface area contributed by atoms with Crippen LogP contribution < -0.4 is 11.3 Å². The van der Waals surface area contributed by atoms with Crippen LogP contribution in [0.5, 0.6) is 0 Å². The maximum absolute atomic E-state index is 5.72. The number of aryl methyl sites for hydroxylation is 2. The van der Waals surface area contributed by atoms with Crippen molar-refractivity contribution in [2.45, 2.75) is 64.8 Å². The Balaban J connectivity index is 2.81. The van der Waals surface area contributed by atoms with Gasteiger partial charge in [-0.3, -0.25) is 16.0 Å². The molecule has 0 radical (unpaired) electrons. The number of hydrogen-bond acceptors (Lipinski definition) is 4. The van der Waals surface area contributed by atoms with Crippen LogP contribution in [0.4, 0.5) is 0 Å². The van der Waals surface area contributed by atoms with E-state index in [4.69, 9.17) is 5.84 Å². The minimum Gasteiger partial charge on any atom is -0.271 e. The molecule has 0 aliphatic heterocycles. The largest absolute Gasteiger partial charge is 0.271 e. The van der Waals surface area contributed by atoms with Crippen LogP contribution in [0.15, 0.2) is 4.47 Å². The van der Waals surface area contributed by atoms with Crippen molar-refractivity contribution in [3.05, 3.63) is 15.9 Å². The molecule has 4 nitrogen and oxygen atoms in total. The molecule has 3 N–H and O–H groups in total. The molecule has 1 aromatic rings. The zero-order chi connectivity index (χ0) is 15.3. The Morgan fingerprint density at radius 3 is 2.50 bits per heavy atom. The van der Waals surface area contributed by atoms with E-state index in [-0.39, 0.29) is 10.8 Å². The van der Waals surface area contributed by atoms with Crippen molar-refractivity contribution in [3.8, 4) is 0 Å². The van der Waals surface area contributed by atoms with Crippen LogP contribution >= 0.6 is 27.7 Å². The molecule has 1 atom stereocenters. The van der Waals surface area contributed by atoms with Gasteiger partial charge in [0.15, 0.2) is 0 Å². The quantitative estimate of drug-likeness (QED) is 0.577. The summed E-state index contributed by atoms with van der Waals surface area (Å²) in [6.07, 6.45) is 1.83. The molecule has 1 unspecified atom stereocenters. The fraction of sp³-hybridized carbons (Fsp3) is 0.786. The zero-order valence-electron chi connectivity index (χ0n) is 13.2. The van der Waals surface area contributed by atoms with Crippen LogP contribution in [-0.2, 0) is 19.4 Å². The lowest BCUT2D eigenvalue weighted by molar-refractivity contribution is 0.531. The number of halogens is 1. The number of hydrogen-bond donors (Lipinski definition) is 2. The molecule has 1 heterocycles. The summed E-state index contributed by atoms with van der Waals surface area (Å²) in [5.41, 5.74) is 5.31. The van der Waals surface area contributed by atoms with Crippen molar-refractivity contribution in [2.24, 2.45) is 5.84 Å². The Kier molecular flexibility index (Phi) is 7.04. The Bertz CT molecular complexity index is 426. The molecule has 116 valence electrons. The van der Waals surface area contributed by atoms with Crippen molar-refractivity contribution >= 4 is 27.7 Å². The van der Waals surface area contributed by atoms with E-state index in [0.717, 1.165) is 35.3 Å². The first-order valence-electron chi connectivity index (χ1n) is 7.16. The first kappa shape index (κ1) is 18.0. The lowest BCUT2D eigenvalue weighted by Crippen LogP contribution is -2.40. The molecular weight excluding hydrogens is 336 g/mol. The lowest BCUT2D eigenvalue weighted by Gasteiger charge is -2.22. The highest BCUT2D eigenvalue weighted by molar-refractivity contribution is 9.10. The van der Waals surface area contributed by atoms with Gasteiger partial charge in [0.2, 0.25) is 0 Å². The Labute approximate surface area is 135 Å². The maximum Gasteiger partial charge on any atom is 0.0766 e. The number of nitrogens with two attached hydrogens (primary N) is 1. The third-order valence-corrected chi connectivity index (χ3v) is 5.44. The number of aromatic nitrogens is 2. The summed E-state index contributed by atoms with van der Waals surface area (Å²) >= 11 is 5.62. The Morgan fingerprint density at radius 1 is 1.40 bits per heavy atom. The van der Waals surface area contributed by atoms with E-state index < -0.39 is 0 Å². The highest BCUT2D eigenvalue weighted by Gasteiger charge is 2.20. The second-order valence-electron chi connectivity index (χ2n) is 5.87. The van der Waals surface area contributed by atoms with Crippen molar-refractivity contribution < 1.29 is 0 Å². The molecule has 0 saturated heterocycles. The normalized spacial score (nSPS) is 13.8. The molecule has 0 spiro atoms. The van der Waals surface area contributed by atoms with Crippen molar-refractivity contribution in [1.82, 2.24) is 15.2 Å². The third-order valence-electron chi connectivity index (χ3n) is 3.09. The minimum atomic E-state index is 0.252. The van der Waals surface area contributed by atoms with Gasteiger partial charge in [-0.1, -0.05) is 27.7 Å². The van der Waals surface area contributed by atoms with Crippen molar-refractivity contribution in [3.63, 3.8) is 0 Å². The van der Waals surface area contributed by atoms with Crippen LogP contribution in [0.2, 0.25) is 0 Å². The first-order valence-corrected chi connectivity index (χ1v) is 8.94. The van der Waals surface area contributed by atoms with Gasteiger partial charge < -0.3 is 0 Å². The zero-order valence-corrected chi connectivity index (χ0v) is 15.6. The molecule has 0 bridgehead atoms. The molecule has 0 amide bonds. The van der Waals surface area contributed by atoms with Gasteiger partial charge in [0.1, 0.15) is 0 Å². The summed E-state index contributed by atoms with van der Waals surface area (Å²) in [6.45, 7) is 11.8. The smallest absolute Gasteiger partial charge is 0.0766 e. The van der Waals surface area contributed by atoms with E-state index in [0.29, 0.717) is 0 Å². The second-order valence-corrected chi connectivity index (χ2v) is 8.51. The number of rotatable bonds is 7. The van der Waals surface area contributed by atoms with Crippen LogP contribution in [0.1, 0.15) is 46.0 Å². The molecule has 20 heavy (non-hydrogen) atoms. The predicted octanol–water partition coefficient (Wildman–Crippen LogP) is 3.13. The van der Waals surface area contributed by atoms with Gasteiger partial charge in [-0.15, -0.1) is 0 Å². The molecule has 0 aromatic carbocycles. The molecule has 6 heteroatoms. The first-order chi connectivity index (χ1) is 9.32. The average Bonchev–Trinajstić information content (AvgIpc) is 2.69. The summed E-state index contributed by atoms with van der Waals surface area (Å²) in [4.78, 5) is 0. The standard InChI is InChI=1S/C14H27BrN4S/c1-6-11-13(15)12(19(7-2)18-11)8-10(17-16)9-20-14(3,4)5/h10,17H,6-9,16H2,1-5H3. The van der Waals surface area contributed by atoms with E-state index in [2.05, 4.69) is 65.8 Å². The van der Waals surface area contributed by atoms with Crippen LogP contribution in [-0.4, -0.2) is 26.3 Å². The molecule has 0 saturated carbocycles. The van der Waals surface area contributed by atoms with Gasteiger partial charge >= 0.3 is 0 Å². The van der Waals surface area contributed by atoms with Gasteiger partial charge in [-0.2, -0.15) is 16.9 Å². The third kappa shape index (κ3) is 5.06. The predicted molar refractivity (Wildman–Crippen MR) is 92.0 cm³/mol. The van der Waals surface area contributed by atoms with Crippen LogP contribution in [0.25, 0.3) is 0 Å². The highest BCUT2D eigenvalue weighted by Crippen LogP contribution is 2.27. The fourth-order valence-corrected chi connectivity index (χ4v) is 3.60. The summed E-state index contributed by atoms with van der Waals surface area (Å²) in [6, 6.07) is 0.252. The van der Waals surface area contributed by atoms with E-state index in [1.165, 1.54) is 5.69 Å². The number of hydrazine groups is 1. The highest BCUT2D eigenvalue weighted by atomic mass is 79.9. The second kappa shape index (κ2) is 7.82. The SMILES string of the molecule is CCc1nn(CC)c(CC(CSC(C)(C)C)NN)c1Br. The molecule has 0 fully saturated rings. The molecular formula is C14H27BrN4S. The van der Waals surface area contributed by atoms with Gasteiger partial charge in [-0.25, -0.2) is 0 Å². The average molecular weight is 363 g/mol. The fourth-order valence-electron chi connectivity index (χ4n) is 1.96. The minimum absolute atomic E-state index is 0.252. The van der Waals surface area contributed by atoms with E-state index in [1.807, 2.05) is 11.8 Å². The Hall–Kier alpha value is -0.0400. The molecule has 1 rings (SSSR count). The van der Waals surface area contributed by atoms with Gasteiger partial charge in [0.05, 0.1) is 15.9 Å². The monoisotopic (exact) mass is 362 g/mol. The summed E-state index contributed by atoms with van der Waals surface area (Å²) in [5.74, 6) is 6.71. The van der Waals surface area contributed by atoms with Crippen LogP contribution in [0, 0.1) is 0 Å².